The second kappa shape index (κ2) is 14.5. The van der Waals surface area contributed by atoms with Gasteiger partial charge in [-0.3, -0.25) is 34.9 Å². The van der Waals surface area contributed by atoms with E-state index < -0.39 is 65.1 Å². The number of hydrazine groups is 1. The van der Waals surface area contributed by atoms with Gasteiger partial charge in [0.05, 0.1) is 13.1 Å². The highest BCUT2D eigenvalue weighted by molar-refractivity contribution is 5.99. The lowest BCUT2D eigenvalue weighted by Gasteiger charge is -2.30. The number of ether oxygens (including phenoxy) is 2. The lowest BCUT2D eigenvalue weighted by atomic mass is 10.0. The molecule has 3 heterocycles. The van der Waals surface area contributed by atoms with Gasteiger partial charge < -0.3 is 25.0 Å². The number of amides is 6. The number of hydrogen-bond acceptors (Lipinski definition) is 8. The van der Waals surface area contributed by atoms with Crippen molar-refractivity contribution in [3.8, 4) is 0 Å². The minimum Gasteiger partial charge on any atom is -0.444 e. The molecule has 0 spiro atoms. The molecule has 0 radical (unpaired) electrons. The molecule has 1 saturated heterocycles. The van der Waals surface area contributed by atoms with Crippen LogP contribution in [0.2, 0.25) is 0 Å². The highest BCUT2D eigenvalue weighted by Gasteiger charge is 2.61. The van der Waals surface area contributed by atoms with E-state index in [2.05, 4.69) is 21.5 Å². The van der Waals surface area contributed by atoms with Crippen molar-refractivity contribution in [3.05, 3.63) is 47.3 Å². The second-order valence-electron chi connectivity index (χ2n) is 15.2. The Labute approximate surface area is 296 Å². The van der Waals surface area contributed by atoms with Gasteiger partial charge >= 0.3 is 12.2 Å². The van der Waals surface area contributed by atoms with Crippen molar-refractivity contribution in [2.45, 2.75) is 121 Å². The van der Waals surface area contributed by atoms with E-state index in [0.717, 1.165) is 32.1 Å². The Bertz CT molecular complexity index is 1610. The van der Waals surface area contributed by atoms with Crippen LogP contribution in [-0.2, 0) is 41.7 Å². The Morgan fingerprint density at radius 3 is 2.53 bits per heavy atom. The third kappa shape index (κ3) is 8.45. The van der Waals surface area contributed by atoms with E-state index in [0.29, 0.717) is 17.5 Å². The first-order valence-corrected chi connectivity index (χ1v) is 17.8. The molecule has 2 saturated carbocycles. The number of nitrogens with zero attached hydrogens (tertiary/aromatic N) is 2. The monoisotopic (exact) mass is 710 g/mol. The fourth-order valence-electron chi connectivity index (χ4n) is 7.02. The summed E-state index contributed by atoms with van der Waals surface area (Å²) < 4.78 is 25.7. The van der Waals surface area contributed by atoms with Gasteiger partial charge in [-0.25, -0.2) is 14.0 Å². The summed E-state index contributed by atoms with van der Waals surface area (Å²) >= 11 is 0. The number of hydrogen-bond donors (Lipinski definition) is 4. The SMILES string of the molecule is CC(C)(C)OC(=O)N[C@H]1CCCCC/C=C\[C@@H]2C[C@@]2(C(=O)NNC(=O)C2CC2)NC(=O)[C@@H]2C[C@@H](OC(=O)N3Cc4cccc(F)c4C3)CN2C1=O. The minimum absolute atomic E-state index is 0.0197. The highest BCUT2D eigenvalue weighted by Crippen LogP contribution is 2.45. The molecule has 3 aliphatic heterocycles. The van der Waals surface area contributed by atoms with Crippen LogP contribution >= 0.6 is 0 Å². The summed E-state index contributed by atoms with van der Waals surface area (Å²) in [4.78, 5) is 83.1. The lowest BCUT2D eigenvalue weighted by Crippen LogP contribution is -2.59. The molecule has 15 heteroatoms. The molecule has 2 aliphatic carbocycles. The zero-order valence-electron chi connectivity index (χ0n) is 29.3. The lowest BCUT2D eigenvalue weighted by molar-refractivity contribution is -0.141. The smallest absolute Gasteiger partial charge is 0.410 e. The Morgan fingerprint density at radius 2 is 1.80 bits per heavy atom. The van der Waals surface area contributed by atoms with E-state index in [1.54, 1.807) is 32.9 Å². The molecule has 14 nitrogen and oxygen atoms in total. The molecular weight excluding hydrogens is 663 g/mol. The van der Waals surface area contributed by atoms with Crippen molar-refractivity contribution < 1.29 is 42.6 Å². The number of benzene rings is 1. The summed E-state index contributed by atoms with van der Waals surface area (Å²) in [5.74, 6) is -2.96. The van der Waals surface area contributed by atoms with Gasteiger partial charge in [-0.15, -0.1) is 0 Å². The van der Waals surface area contributed by atoms with Crippen LogP contribution in [-0.4, -0.2) is 81.5 Å². The highest BCUT2D eigenvalue weighted by atomic mass is 19.1. The van der Waals surface area contributed by atoms with Crippen molar-refractivity contribution in [1.82, 2.24) is 31.3 Å². The van der Waals surface area contributed by atoms with Crippen molar-refractivity contribution in [2.24, 2.45) is 11.8 Å². The van der Waals surface area contributed by atoms with Crippen molar-refractivity contribution in [3.63, 3.8) is 0 Å². The van der Waals surface area contributed by atoms with Gasteiger partial charge in [0.2, 0.25) is 17.7 Å². The van der Waals surface area contributed by atoms with Crippen LogP contribution in [0.15, 0.2) is 30.4 Å². The third-order valence-electron chi connectivity index (χ3n) is 10.0. The largest absolute Gasteiger partial charge is 0.444 e. The molecule has 0 bridgehead atoms. The Kier molecular flexibility index (Phi) is 10.3. The van der Waals surface area contributed by atoms with Crippen LogP contribution in [0.5, 0.6) is 0 Å². The van der Waals surface area contributed by atoms with Crippen LogP contribution in [0.4, 0.5) is 14.0 Å². The molecule has 6 rings (SSSR count). The van der Waals surface area contributed by atoms with Gasteiger partial charge in [-0.05, 0) is 70.9 Å². The molecule has 4 N–H and O–H groups in total. The maximum atomic E-state index is 14.4. The van der Waals surface area contributed by atoms with E-state index in [1.807, 2.05) is 12.2 Å². The predicted octanol–water partition coefficient (Wildman–Crippen LogP) is 3.09. The standard InChI is InChI=1S/C36H47FN6O8/c1-35(2,3)51-33(48)38-27-13-8-6-4-5-7-11-23-17-36(23,32(47)41-40-29(44)21-14-15-21)39-30(45)28-16-24(19-43(28)31(27)46)50-34(49)42-18-22-10-9-12-26(37)25(22)20-42/h7,9-12,21,23-24,27-28H,4-6,8,13-20H2,1-3H3,(H,38,48)(H,39,45)(H,40,44)(H,41,47)/b11-7-/t23-,24-,27+,28+,36-/m1/s1. The summed E-state index contributed by atoms with van der Waals surface area (Å²) in [6.45, 7) is 5.15. The van der Waals surface area contributed by atoms with Gasteiger partial charge in [0.25, 0.3) is 5.91 Å². The molecule has 1 aromatic carbocycles. The molecule has 6 amide bonds. The molecule has 0 unspecified atom stereocenters. The van der Waals surface area contributed by atoms with Gasteiger partial charge in [-0.1, -0.05) is 37.1 Å². The number of rotatable bonds is 4. The van der Waals surface area contributed by atoms with Gasteiger partial charge in [-0.2, -0.15) is 0 Å². The summed E-state index contributed by atoms with van der Waals surface area (Å²) in [6, 6.07) is 2.45. The van der Waals surface area contributed by atoms with Crippen molar-refractivity contribution in [2.75, 3.05) is 6.54 Å². The summed E-state index contributed by atoms with van der Waals surface area (Å²) in [5.41, 5.74) is 3.84. The quantitative estimate of drug-likeness (QED) is 0.272. The van der Waals surface area contributed by atoms with Gasteiger partial charge in [0.1, 0.15) is 35.1 Å². The van der Waals surface area contributed by atoms with Crippen LogP contribution in [0, 0.1) is 17.7 Å². The Balaban J connectivity index is 1.23. The molecule has 5 atom stereocenters. The number of fused-ring (bicyclic) bond motifs is 3. The number of allylic oxidation sites excluding steroid dienone is 1. The topological polar surface area (TPSA) is 175 Å². The molecule has 5 aliphatic rings. The van der Waals surface area contributed by atoms with Crippen LogP contribution in [0.3, 0.4) is 0 Å². The first kappa shape index (κ1) is 36.1. The number of carbonyl (C=O) groups excluding carboxylic acids is 6. The van der Waals surface area contributed by atoms with E-state index in [1.165, 1.54) is 15.9 Å². The molecule has 276 valence electrons. The first-order valence-electron chi connectivity index (χ1n) is 17.8. The average Bonchev–Trinajstić information content (AvgIpc) is 3.94. The number of nitrogens with one attached hydrogen (secondary N) is 4. The van der Waals surface area contributed by atoms with Crippen LogP contribution < -0.4 is 21.5 Å². The Morgan fingerprint density at radius 1 is 1.02 bits per heavy atom. The Hall–Kier alpha value is -4.69. The third-order valence-corrected chi connectivity index (χ3v) is 10.0. The summed E-state index contributed by atoms with van der Waals surface area (Å²) in [7, 11) is 0. The maximum absolute atomic E-state index is 14.4. The molecule has 1 aromatic rings. The summed E-state index contributed by atoms with van der Waals surface area (Å²) in [5, 5.41) is 5.57. The van der Waals surface area contributed by atoms with Crippen molar-refractivity contribution >= 4 is 35.8 Å². The van der Waals surface area contributed by atoms with Crippen molar-refractivity contribution in [1.29, 1.82) is 0 Å². The first-order chi connectivity index (χ1) is 24.2. The number of halogens is 1. The van der Waals surface area contributed by atoms with E-state index in [9.17, 15) is 33.2 Å². The normalized spacial score (nSPS) is 28.5. The fourth-order valence-corrected chi connectivity index (χ4v) is 7.02. The predicted molar refractivity (Wildman–Crippen MR) is 179 cm³/mol. The van der Waals surface area contributed by atoms with Crippen LogP contribution in [0.25, 0.3) is 0 Å². The number of carbonyl (C=O) groups is 6. The molecule has 51 heavy (non-hydrogen) atoms. The minimum atomic E-state index is -1.37. The molecule has 0 aromatic heterocycles. The summed E-state index contributed by atoms with van der Waals surface area (Å²) in [6.07, 6.45) is 6.32. The second-order valence-corrected chi connectivity index (χ2v) is 15.2. The van der Waals surface area contributed by atoms with E-state index >= 15 is 0 Å². The maximum Gasteiger partial charge on any atom is 0.410 e. The van der Waals surface area contributed by atoms with E-state index in [4.69, 9.17) is 9.47 Å². The average molecular weight is 711 g/mol. The van der Waals surface area contributed by atoms with E-state index in [-0.39, 0.29) is 56.6 Å². The zero-order chi connectivity index (χ0) is 36.5. The number of alkyl carbamates (subject to hydrolysis) is 1. The fraction of sp³-hybridized carbons (Fsp3) is 0.611. The van der Waals surface area contributed by atoms with Gasteiger partial charge in [0.15, 0.2) is 0 Å². The molecular formula is C36H47FN6O8. The van der Waals surface area contributed by atoms with Crippen LogP contribution in [0.1, 0.15) is 89.7 Å². The van der Waals surface area contributed by atoms with Gasteiger partial charge in [0, 0.05) is 30.4 Å². The zero-order valence-corrected chi connectivity index (χ0v) is 29.3. The molecule has 3 fully saturated rings.